The van der Waals surface area contributed by atoms with Gasteiger partial charge < -0.3 is 29.2 Å². The van der Waals surface area contributed by atoms with E-state index in [2.05, 4.69) is 47.9 Å². The first-order valence-corrected chi connectivity index (χ1v) is 24.8. The second-order valence-electron chi connectivity index (χ2n) is 17.6. The lowest BCUT2D eigenvalue weighted by molar-refractivity contribution is 0.0668. The Morgan fingerprint density at radius 3 is 1.37 bits per heavy atom. The first-order valence-electron chi connectivity index (χ1n) is 24.8. The Kier molecular flexibility index (Phi) is 18.1. The highest BCUT2D eigenvalue weighted by Crippen LogP contribution is 2.49. The van der Waals surface area contributed by atoms with Gasteiger partial charge in [0.1, 0.15) is 59.9 Å². The smallest absolute Gasteiger partial charge is 0.150 e. The fraction of sp³-hybridized carbons (Fsp3) is 0.333. The average molecular weight is 951 g/mol. The van der Waals surface area contributed by atoms with Crippen molar-refractivity contribution in [3.8, 4) is 34.5 Å². The van der Waals surface area contributed by atoms with Gasteiger partial charge >= 0.3 is 0 Å². The van der Waals surface area contributed by atoms with E-state index < -0.39 is 0 Å². The van der Waals surface area contributed by atoms with Crippen LogP contribution in [0.3, 0.4) is 0 Å². The molecule has 6 aromatic rings. The number of rotatable bonds is 14. The van der Waals surface area contributed by atoms with Crippen LogP contribution in [0.5, 0.6) is 34.5 Å². The third-order valence-electron chi connectivity index (χ3n) is 12.9. The Morgan fingerprint density at radius 1 is 0.500 bits per heavy atom. The van der Waals surface area contributed by atoms with Crippen molar-refractivity contribution in [1.29, 1.82) is 0 Å². The zero-order valence-electron chi connectivity index (χ0n) is 41.4. The second kappa shape index (κ2) is 24.8. The highest BCUT2D eigenvalue weighted by Gasteiger charge is 2.32. The van der Waals surface area contributed by atoms with Crippen LogP contribution in [0.4, 0.5) is 8.78 Å². The van der Waals surface area contributed by atoms with Gasteiger partial charge in [-0.3, -0.25) is 18.6 Å². The Morgan fingerprint density at radius 2 is 0.914 bits per heavy atom. The van der Waals surface area contributed by atoms with E-state index in [1.54, 1.807) is 24.3 Å². The minimum absolute atomic E-state index is 0.187. The quantitative estimate of drug-likeness (QED) is 0.112. The first-order chi connectivity index (χ1) is 34.2. The molecule has 0 saturated carbocycles. The predicted molar refractivity (Wildman–Crippen MR) is 279 cm³/mol. The lowest BCUT2D eigenvalue weighted by atomic mass is 9.86. The highest BCUT2D eigenvalue weighted by atomic mass is 19.1. The van der Waals surface area contributed by atoms with Gasteiger partial charge in [-0.1, -0.05) is 113 Å². The van der Waals surface area contributed by atoms with E-state index in [9.17, 15) is 19.0 Å². The van der Waals surface area contributed by atoms with Crippen LogP contribution in [0.25, 0.3) is 22.3 Å². The summed E-state index contributed by atoms with van der Waals surface area (Å²) in [7, 11) is 0. The number of fused-ring (bicyclic) bond motifs is 2. The molecule has 10 rings (SSSR count). The maximum Gasteiger partial charge on any atom is 0.150 e. The van der Waals surface area contributed by atoms with Crippen LogP contribution >= 0.6 is 0 Å². The molecule has 4 aliphatic heterocycles. The summed E-state index contributed by atoms with van der Waals surface area (Å²) in [6.07, 6.45) is -0.563. The standard InChI is InChI=1S/2C28H28FNO3.2C2H6/c1-19-25-15-23(31)9-12-26(25)33-28(27(19)21-5-3-2-4-6-21)22-7-10-24(11-8-22)32-14-13-30-17-20(16-29)18-30;1-19-25-12-9-23(31)15-26(25)33-28(27(19)21-5-3-2-4-6-21)22-7-10-24(11-8-22)32-14-13-30-17-20(16-29)18-30;2*1-2/h2*2-12,15,20,28,31H,13-14,16-18H2,1H3;2*1-2H3/t2*28-;;/m00../s1. The van der Waals surface area contributed by atoms with Crippen molar-refractivity contribution >= 4 is 22.3 Å². The van der Waals surface area contributed by atoms with Gasteiger partial charge in [-0.25, -0.2) is 0 Å². The number of ether oxygens (including phenoxy) is 4. The van der Waals surface area contributed by atoms with Crippen LogP contribution in [0.2, 0.25) is 0 Å². The fourth-order valence-corrected chi connectivity index (χ4v) is 9.30. The molecule has 2 saturated heterocycles. The van der Waals surface area contributed by atoms with E-state index in [0.717, 1.165) is 112 Å². The normalized spacial score (nSPS) is 17.5. The number of hydrogen-bond acceptors (Lipinski definition) is 8. The number of alkyl halides is 2. The maximum atomic E-state index is 12.6. The molecule has 10 heteroatoms. The van der Waals surface area contributed by atoms with Crippen molar-refractivity contribution in [3.05, 3.63) is 179 Å². The average Bonchev–Trinajstić information content (AvgIpc) is 3.37. The van der Waals surface area contributed by atoms with Gasteiger partial charge in [-0.2, -0.15) is 0 Å². The third kappa shape index (κ3) is 12.2. The van der Waals surface area contributed by atoms with Gasteiger partial charge in [0, 0.05) is 79.4 Å². The van der Waals surface area contributed by atoms with Crippen molar-refractivity contribution < 1.29 is 37.9 Å². The summed E-state index contributed by atoms with van der Waals surface area (Å²) in [5.41, 5.74) is 10.6. The van der Waals surface area contributed by atoms with E-state index >= 15 is 0 Å². The molecular weight excluding hydrogens is 883 g/mol. The molecule has 2 fully saturated rings. The minimum atomic E-state index is -0.297. The lowest BCUT2D eigenvalue weighted by Crippen LogP contribution is -2.49. The monoisotopic (exact) mass is 951 g/mol. The summed E-state index contributed by atoms with van der Waals surface area (Å²) in [6.45, 7) is 17.8. The molecule has 0 spiro atoms. The first kappa shape index (κ1) is 51.2. The van der Waals surface area contributed by atoms with E-state index in [-0.39, 0.29) is 48.9 Å². The lowest BCUT2D eigenvalue weighted by Gasteiger charge is -2.37. The molecule has 6 aromatic carbocycles. The molecule has 0 aromatic heterocycles. The summed E-state index contributed by atoms with van der Waals surface area (Å²) in [4.78, 5) is 4.42. The van der Waals surface area contributed by atoms with E-state index in [0.29, 0.717) is 19.0 Å². The van der Waals surface area contributed by atoms with Gasteiger partial charge in [0.2, 0.25) is 0 Å². The zero-order valence-corrected chi connectivity index (χ0v) is 41.4. The summed E-state index contributed by atoms with van der Waals surface area (Å²) < 4.78 is 49.8. The van der Waals surface area contributed by atoms with Gasteiger partial charge in [0.25, 0.3) is 0 Å². The Labute approximate surface area is 413 Å². The van der Waals surface area contributed by atoms with Crippen molar-refractivity contribution in [1.82, 2.24) is 9.80 Å². The maximum absolute atomic E-state index is 12.6. The fourth-order valence-electron chi connectivity index (χ4n) is 9.30. The van der Waals surface area contributed by atoms with E-state index in [1.165, 1.54) is 0 Å². The van der Waals surface area contributed by atoms with Gasteiger partial charge in [0.05, 0.1) is 13.3 Å². The Balaban J connectivity index is 0.000000193. The van der Waals surface area contributed by atoms with Crippen molar-refractivity contribution in [2.75, 3.05) is 65.8 Å². The molecule has 2 atom stereocenters. The molecular formula is C60H68F2N2O6. The zero-order chi connectivity index (χ0) is 49.6. The summed E-state index contributed by atoms with van der Waals surface area (Å²) in [5, 5.41) is 20.0. The molecule has 0 amide bonds. The number of likely N-dealkylation sites (tertiary alicyclic amines) is 2. The summed E-state index contributed by atoms with van der Waals surface area (Å²) >= 11 is 0. The van der Waals surface area contributed by atoms with Crippen molar-refractivity contribution in [2.24, 2.45) is 11.8 Å². The van der Waals surface area contributed by atoms with Crippen molar-refractivity contribution in [3.63, 3.8) is 0 Å². The second-order valence-corrected chi connectivity index (χ2v) is 17.6. The van der Waals surface area contributed by atoms with Crippen LogP contribution in [-0.4, -0.2) is 85.8 Å². The highest BCUT2D eigenvalue weighted by molar-refractivity contribution is 5.96. The number of halogens is 2. The molecule has 4 aliphatic rings. The molecule has 8 nitrogen and oxygen atoms in total. The number of aromatic hydroxyl groups is 2. The molecule has 2 N–H and O–H groups in total. The number of hydrogen-bond donors (Lipinski definition) is 2. The number of benzene rings is 6. The number of phenols is 2. The van der Waals surface area contributed by atoms with Gasteiger partial charge in [-0.15, -0.1) is 0 Å². The molecule has 70 heavy (non-hydrogen) atoms. The molecule has 0 bridgehead atoms. The number of phenolic OH excluding ortho intramolecular Hbond substituents is 2. The predicted octanol–water partition coefficient (Wildman–Crippen LogP) is 13.5. The molecule has 0 radical (unpaired) electrons. The molecule has 0 aliphatic carbocycles. The van der Waals surface area contributed by atoms with Gasteiger partial charge in [-0.05, 0) is 102 Å². The SMILES string of the molecule is CC.CC.CC1=C(c2ccccc2)[C@H](c2ccc(OCCN3CC(CF)C3)cc2)Oc2cc(O)ccc21.CC1=C(c2ccccc2)[C@H](c2ccc(OCCN3CC(CF)C3)cc2)Oc2ccc(O)cc21. The Bertz CT molecular complexity index is 2650. The molecule has 368 valence electrons. The van der Waals surface area contributed by atoms with Crippen LogP contribution in [-0.2, 0) is 0 Å². The number of allylic oxidation sites excluding steroid dienone is 2. The third-order valence-corrected chi connectivity index (χ3v) is 12.9. The Hall–Kier alpha value is -6.62. The summed E-state index contributed by atoms with van der Waals surface area (Å²) in [6, 6.07) is 47.0. The molecule has 4 heterocycles. The van der Waals surface area contributed by atoms with Gasteiger partial charge in [0.15, 0.2) is 0 Å². The number of nitrogens with zero attached hydrogens (tertiary/aromatic N) is 2. The largest absolute Gasteiger partial charge is 0.508 e. The van der Waals surface area contributed by atoms with Crippen LogP contribution in [0.15, 0.2) is 146 Å². The van der Waals surface area contributed by atoms with Crippen LogP contribution in [0.1, 0.15) is 87.1 Å². The topological polar surface area (TPSA) is 83.9 Å². The van der Waals surface area contributed by atoms with Crippen LogP contribution < -0.4 is 18.9 Å². The van der Waals surface area contributed by atoms with Crippen LogP contribution in [0, 0.1) is 11.8 Å². The molecule has 0 unspecified atom stereocenters. The van der Waals surface area contributed by atoms with Crippen molar-refractivity contribution in [2.45, 2.75) is 53.8 Å². The van der Waals surface area contributed by atoms with E-state index in [1.807, 2.05) is 125 Å². The summed E-state index contributed by atoms with van der Waals surface area (Å²) in [5.74, 6) is 3.86. The minimum Gasteiger partial charge on any atom is -0.508 e. The van der Waals surface area contributed by atoms with E-state index in [4.69, 9.17) is 18.9 Å².